The van der Waals surface area contributed by atoms with Crippen LogP contribution in [0.1, 0.15) is 28.8 Å². The highest BCUT2D eigenvalue weighted by Gasteiger charge is 2.33. The molecule has 0 aromatic heterocycles. The number of nitrogens with two attached hydrogens (primary N) is 1. The first-order chi connectivity index (χ1) is 20.4. The number of thiocarbonyl (C=S) groups is 1. The molecule has 0 bridgehead atoms. The quantitative estimate of drug-likeness (QED) is 0.178. The van der Waals surface area contributed by atoms with Gasteiger partial charge in [0.2, 0.25) is 5.91 Å². The highest BCUT2D eigenvalue weighted by atomic mass is 32.2. The van der Waals surface area contributed by atoms with Crippen LogP contribution in [0.3, 0.4) is 0 Å². The van der Waals surface area contributed by atoms with Crippen molar-refractivity contribution < 1.29 is 19.1 Å². The van der Waals surface area contributed by atoms with Crippen LogP contribution in [0.25, 0.3) is 6.08 Å². The van der Waals surface area contributed by atoms with E-state index in [1.807, 2.05) is 54.6 Å². The highest BCUT2D eigenvalue weighted by Crippen LogP contribution is 2.37. The molecule has 0 spiro atoms. The Kier molecular flexibility index (Phi) is 9.91. The molecule has 0 atom stereocenters. The summed E-state index contributed by atoms with van der Waals surface area (Å²) >= 11 is 6.82. The van der Waals surface area contributed by atoms with E-state index in [-0.39, 0.29) is 5.91 Å². The minimum absolute atomic E-state index is 0.155. The van der Waals surface area contributed by atoms with E-state index in [2.05, 4.69) is 16.8 Å². The summed E-state index contributed by atoms with van der Waals surface area (Å²) in [5.74, 6) is 1.36. The summed E-state index contributed by atoms with van der Waals surface area (Å²) in [6.45, 7) is 6.35. The van der Waals surface area contributed by atoms with Gasteiger partial charge < -0.3 is 25.0 Å². The molecular formula is C32H34N4O4S2. The molecule has 218 valence electrons. The van der Waals surface area contributed by atoms with Crippen molar-refractivity contribution in [2.24, 2.45) is 5.73 Å². The van der Waals surface area contributed by atoms with Crippen molar-refractivity contribution in [3.05, 3.63) is 88.8 Å². The number of rotatable bonds is 11. The monoisotopic (exact) mass is 602 g/mol. The Morgan fingerprint density at radius 1 is 0.905 bits per heavy atom. The molecule has 0 aliphatic carbocycles. The van der Waals surface area contributed by atoms with Crippen molar-refractivity contribution in [3.63, 3.8) is 0 Å². The number of carbonyl (C=O) groups excluding carboxylic acids is 2. The predicted octanol–water partition coefficient (Wildman–Crippen LogP) is 5.39. The number of amides is 2. The van der Waals surface area contributed by atoms with Gasteiger partial charge in [0.05, 0.1) is 17.2 Å². The Morgan fingerprint density at radius 2 is 1.52 bits per heavy atom. The van der Waals surface area contributed by atoms with Crippen LogP contribution in [0.5, 0.6) is 17.2 Å². The molecule has 0 unspecified atom stereocenters. The zero-order chi connectivity index (χ0) is 29.5. The molecule has 2 fully saturated rings. The van der Waals surface area contributed by atoms with Crippen LogP contribution in [-0.2, 0) is 4.79 Å². The molecule has 3 aromatic rings. The van der Waals surface area contributed by atoms with Crippen LogP contribution < -0.4 is 20.1 Å². The Bertz CT molecular complexity index is 1430. The van der Waals surface area contributed by atoms with Crippen molar-refractivity contribution in [1.82, 2.24) is 9.80 Å². The standard InChI is InChI=1S/C32H34N4O4S2/c1-34-17-19-35(20-18-34)16-2-3-21-39-26-14-8-25(9-15-26)36-31(38)29(42-32(36)41)22-23-4-10-27(11-5-23)40-28-12-6-24(7-13-28)30(33)37/h4-15,22H,2-3,16-21H2,1H3,(H2,33,37). The second-order valence-corrected chi connectivity index (χ2v) is 11.9. The number of hydrogen-bond donors (Lipinski definition) is 1. The van der Waals surface area contributed by atoms with Gasteiger partial charge in [-0.3, -0.25) is 14.5 Å². The number of hydrogen-bond acceptors (Lipinski definition) is 8. The maximum Gasteiger partial charge on any atom is 0.270 e. The van der Waals surface area contributed by atoms with E-state index in [0.717, 1.165) is 62.6 Å². The molecule has 2 aliphatic rings. The lowest BCUT2D eigenvalue weighted by Crippen LogP contribution is -2.44. The lowest BCUT2D eigenvalue weighted by atomic mass is 10.2. The average molecular weight is 603 g/mol. The highest BCUT2D eigenvalue weighted by molar-refractivity contribution is 8.27. The Labute approximate surface area is 256 Å². The molecule has 5 rings (SSSR count). The van der Waals surface area contributed by atoms with Crippen LogP contribution >= 0.6 is 24.0 Å². The average Bonchev–Trinajstić information content (AvgIpc) is 3.27. The largest absolute Gasteiger partial charge is 0.494 e. The molecular weight excluding hydrogens is 569 g/mol. The minimum atomic E-state index is -0.486. The van der Waals surface area contributed by atoms with Crippen molar-refractivity contribution in [2.45, 2.75) is 12.8 Å². The van der Waals surface area contributed by atoms with Crippen molar-refractivity contribution in [3.8, 4) is 17.2 Å². The molecule has 3 aromatic carbocycles. The van der Waals surface area contributed by atoms with E-state index in [1.54, 1.807) is 29.2 Å². The van der Waals surface area contributed by atoms with Crippen LogP contribution in [0.4, 0.5) is 5.69 Å². The van der Waals surface area contributed by atoms with Gasteiger partial charge in [0.1, 0.15) is 17.2 Å². The topological polar surface area (TPSA) is 88.3 Å². The van der Waals surface area contributed by atoms with Gasteiger partial charge in [0, 0.05) is 31.7 Å². The molecule has 2 aliphatic heterocycles. The molecule has 42 heavy (non-hydrogen) atoms. The van der Waals surface area contributed by atoms with Crippen LogP contribution in [0.15, 0.2) is 77.7 Å². The van der Waals surface area contributed by atoms with Crippen LogP contribution in [-0.4, -0.2) is 72.3 Å². The number of benzene rings is 3. The SMILES string of the molecule is CN1CCN(CCCCOc2ccc(N3C(=O)C(=Cc4ccc(Oc5ccc(C(N)=O)cc5)cc4)SC3=S)cc2)CC1. The third-order valence-corrected chi connectivity index (χ3v) is 8.48. The molecule has 0 radical (unpaired) electrons. The summed E-state index contributed by atoms with van der Waals surface area (Å²) in [5.41, 5.74) is 7.27. The predicted molar refractivity (Wildman–Crippen MR) is 172 cm³/mol. The molecule has 2 saturated heterocycles. The summed E-state index contributed by atoms with van der Waals surface area (Å²) in [6, 6.07) is 21.5. The smallest absolute Gasteiger partial charge is 0.270 e. The molecule has 8 nitrogen and oxygen atoms in total. The first-order valence-electron chi connectivity index (χ1n) is 14.0. The molecule has 2 N–H and O–H groups in total. The fourth-order valence-electron chi connectivity index (χ4n) is 4.69. The van der Waals surface area contributed by atoms with Gasteiger partial charge in [0.25, 0.3) is 5.91 Å². The number of likely N-dealkylation sites (N-methyl/N-ethyl adjacent to an activating group) is 1. The van der Waals surface area contributed by atoms with E-state index in [0.29, 0.717) is 32.9 Å². The Balaban J connectivity index is 1.11. The lowest BCUT2D eigenvalue weighted by molar-refractivity contribution is -0.113. The van der Waals surface area contributed by atoms with Gasteiger partial charge in [-0.15, -0.1) is 0 Å². The lowest BCUT2D eigenvalue weighted by Gasteiger charge is -2.32. The third-order valence-electron chi connectivity index (χ3n) is 7.17. The van der Waals surface area contributed by atoms with Gasteiger partial charge in [-0.05, 0) is 98.7 Å². The Morgan fingerprint density at radius 3 is 2.17 bits per heavy atom. The Hall–Kier alpha value is -3.70. The maximum atomic E-state index is 13.2. The van der Waals surface area contributed by atoms with Crippen LogP contribution in [0, 0.1) is 0 Å². The first-order valence-corrected chi connectivity index (χ1v) is 15.2. The third kappa shape index (κ3) is 7.77. The van der Waals surface area contributed by atoms with Crippen molar-refractivity contribution in [2.75, 3.05) is 51.3 Å². The van der Waals surface area contributed by atoms with Crippen LogP contribution in [0.2, 0.25) is 0 Å². The number of thioether (sulfide) groups is 1. The summed E-state index contributed by atoms with van der Waals surface area (Å²) in [4.78, 5) is 31.5. The van der Waals surface area contributed by atoms with Gasteiger partial charge in [-0.25, -0.2) is 0 Å². The second kappa shape index (κ2) is 14.0. The second-order valence-electron chi connectivity index (χ2n) is 10.3. The van der Waals surface area contributed by atoms with Gasteiger partial charge in [-0.1, -0.05) is 36.1 Å². The van der Waals surface area contributed by atoms with Crippen molar-refractivity contribution in [1.29, 1.82) is 0 Å². The van der Waals surface area contributed by atoms with Crippen molar-refractivity contribution >= 4 is 51.9 Å². The molecule has 0 saturated carbocycles. The summed E-state index contributed by atoms with van der Waals surface area (Å²) in [6.07, 6.45) is 3.95. The first kappa shape index (κ1) is 29.8. The summed E-state index contributed by atoms with van der Waals surface area (Å²) in [7, 11) is 2.17. The van der Waals surface area contributed by atoms with E-state index in [1.165, 1.54) is 11.8 Å². The van der Waals surface area contributed by atoms with Gasteiger partial charge in [0.15, 0.2) is 4.32 Å². The summed E-state index contributed by atoms with van der Waals surface area (Å²) in [5, 5.41) is 0. The van der Waals surface area contributed by atoms with E-state index >= 15 is 0 Å². The zero-order valence-electron chi connectivity index (χ0n) is 23.5. The fourth-order valence-corrected chi connectivity index (χ4v) is 5.99. The molecule has 2 heterocycles. The molecule has 10 heteroatoms. The van der Waals surface area contributed by atoms with Gasteiger partial charge in [-0.2, -0.15) is 0 Å². The van der Waals surface area contributed by atoms with E-state index in [4.69, 9.17) is 27.4 Å². The maximum absolute atomic E-state index is 13.2. The van der Waals surface area contributed by atoms with E-state index in [9.17, 15) is 9.59 Å². The zero-order valence-corrected chi connectivity index (χ0v) is 25.2. The normalized spacial score (nSPS) is 17.2. The minimum Gasteiger partial charge on any atom is -0.494 e. The molecule has 2 amide bonds. The summed E-state index contributed by atoms with van der Waals surface area (Å²) < 4.78 is 12.3. The van der Waals surface area contributed by atoms with Gasteiger partial charge >= 0.3 is 0 Å². The number of carbonyl (C=O) groups is 2. The van der Waals surface area contributed by atoms with E-state index < -0.39 is 5.91 Å². The number of primary amides is 1. The number of anilines is 1. The fraction of sp³-hybridized carbons (Fsp3) is 0.281. The number of unbranched alkanes of at least 4 members (excludes halogenated alkanes) is 1. The number of ether oxygens (including phenoxy) is 2. The number of piperazine rings is 1. The number of nitrogens with zero attached hydrogens (tertiary/aromatic N) is 3.